The van der Waals surface area contributed by atoms with Crippen LogP contribution in [0.3, 0.4) is 0 Å². The molecule has 12 bridgehead atoms. The molecule has 3 aliphatic rings. The number of aryl methyl sites for hydroxylation is 5. The van der Waals surface area contributed by atoms with E-state index in [0.29, 0.717) is 136 Å². The highest BCUT2D eigenvalue weighted by Crippen LogP contribution is 2.41. The van der Waals surface area contributed by atoms with E-state index in [1.807, 2.05) is 0 Å². The van der Waals surface area contributed by atoms with Crippen LogP contribution in [0, 0.1) is 34.6 Å². The molecule has 5 aromatic carbocycles. The molecule has 0 unspecified atom stereocenters. The van der Waals surface area contributed by atoms with Gasteiger partial charge in [-0.05, 0) is 90.3 Å². The lowest BCUT2D eigenvalue weighted by Crippen LogP contribution is -2.16. The molecule has 0 N–H and O–H groups in total. The van der Waals surface area contributed by atoms with Crippen LogP contribution in [0.15, 0.2) is 60.7 Å². The van der Waals surface area contributed by atoms with Crippen molar-refractivity contribution in [1.82, 2.24) is 0 Å². The molecule has 0 amide bonds. The zero-order valence-electron chi connectivity index (χ0n) is 40.4. The summed E-state index contributed by atoms with van der Waals surface area (Å²) in [5.41, 5.74) is 16.2. The van der Waals surface area contributed by atoms with Gasteiger partial charge < -0.3 is 42.6 Å². The van der Waals surface area contributed by atoms with Gasteiger partial charge in [0.15, 0.2) is 0 Å². The van der Waals surface area contributed by atoms with Crippen LogP contribution in [0.2, 0.25) is 0 Å². The van der Waals surface area contributed by atoms with E-state index in [0.717, 1.165) is 112 Å². The van der Waals surface area contributed by atoms with Crippen LogP contribution in [0.25, 0.3) is 0 Å². The Labute approximate surface area is 418 Å². The topological polar surface area (TPSA) is 83.1 Å². The van der Waals surface area contributed by atoms with Gasteiger partial charge in [0.25, 0.3) is 0 Å². The molecule has 2 aliphatic heterocycles. The van der Waals surface area contributed by atoms with Crippen molar-refractivity contribution in [3.05, 3.63) is 144 Å². The van der Waals surface area contributed by atoms with Crippen molar-refractivity contribution in [3.8, 4) is 28.7 Å². The highest BCUT2D eigenvalue weighted by atomic mass is 35.5. The van der Waals surface area contributed by atoms with Crippen LogP contribution < -0.4 is 23.7 Å². The Kier molecular flexibility index (Phi) is 19.9. The fourth-order valence-electron chi connectivity index (χ4n) is 9.49. The van der Waals surface area contributed by atoms with Crippen molar-refractivity contribution >= 4 is 34.8 Å². The molecule has 9 nitrogen and oxygen atoms in total. The number of ether oxygens (including phenoxy) is 9. The van der Waals surface area contributed by atoms with Crippen LogP contribution in [0.1, 0.15) is 83.5 Å². The van der Waals surface area contributed by atoms with E-state index >= 15 is 0 Å². The Morgan fingerprint density at radius 3 is 0.853 bits per heavy atom. The standard InChI is InChI=1S/C56H67Cl3O9/c1-37-22-42-32-43-23-38(2)25-45(53(43)65-18-13-61-10-7-58)34-49-29-41(5)31-51-36-47-27-39(3)26-46(54(47)66-19-14-62-11-8-59)35-50-30-40(4)28-48(55(50)67-20-15-63-16-21-68-56(49)51)33-44(24-37)52(42)64-17-12-60-9-6-57/h22-31H,6-21,32-36H2,1-5H3. The van der Waals surface area contributed by atoms with Crippen LogP contribution in [-0.2, 0) is 51.1 Å². The molecule has 0 aromatic heterocycles. The van der Waals surface area contributed by atoms with Gasteiger partial charge in [0, 0.05) is 49.7 Å². The summed E-state index contributed by atoms with van der Waals surface area (Å²) >= 11 is 18.0. The van der Waals surface area contributed by atoms with E-state index in [2.05, 4.69) is 95.3 Å². The average Bonchev–Trinajstić information content (AvgIpc) is 3.28. The van der Waals surface area contributed by atoms with E-state index in [1.54, 1.807) is 0 Å². The first-order chi connectivity index (χ1) is 33.1. The summed E-state index contributed by atoms with van der Waals surface area (Å²) in [6, 6.07) is 22.4. The second kappa shape index (κ2) is 26.1. The lowest BCUT2D eigenvalue weighted by atomic mass is 9.88. The molecule has 8 rings (SSSR count). The number of alkyl halides is 3. The van der Waals surface area contributed by atoms with E-state index in [1.165, 1.54) is 0 Å². The molecule has 0 fully saturated rings. The predicted molar refractivity (Wildman–Crippen MR) is 273 cm³/mol. The molecule has 0 saturated carbocycles. The van der Waals surface area contributed by atoms with Gasteiger partial charge in [-0.3, -0.25) is 0 Å². The number of hydrogen-bond donors (Lipinski definition) is 0. The van der Waals surface area contributed by atoms with E-state index in [4.69, 9.17) is 77.4 Å². The van der Waals surface area contributed by atoms with Gasteiger partial charge in [0.1, 0.15) is 61.8 Å². The van der Waals surface area contributed by atoms with Gasteiger partial charge in [-0.25, -0.2) is 0 Å². The third kappa shape index (κ3) is 14.2. The molecule has 0 spiro atoms. The summed E-state index contributed by atoms with van der Waals surface area (Å²) in [7, 11) is 0. The minimum atomic E-state index is 0.355. The van der Waals surface area contributed by atoms with Gasteiger partial charge in [-0.2, -0.15) is 0 Å². The summed E-state index contributed by atoms with van der Waals surface area (Å²) in [6.45, 7) is 15.9. The zero-order chi connectivity index (χ0) is 47.8. The third-order valence-electron chi connectivity index (χ3n) is 11.9. The number of fused-ring (bicyclic) bond motifs is 6. The highest BCUT2D eigenvalue weighted by molar-refractivity contribution is 6.18. The van der Waals surface area contributed by atoms with Crippen molar-refractivity contribution in [2.75, 3.05) is 104 Å². The Balaban J connectivity index is 1.50. The lowest BCUT2D eigenvalue weighted by molar-refractivity contribution is 0.0755. The Morgan fingerprint density at radius 2 is 0.588 bits per heavy atom. The largest absolute Gasteiger partial charge is 0.491 e. The summed E-state index contributed by atoms with van der Waals surface area (Å²) < 4.78 is 58.0. The second-order valence-electron chi connectivity index (χ2n) is 17.7. The Morgan fingerprint density at radius 1 is 0.338 bits per heavy atom. The maximum atomic E-state index is 6.88. The van der Waals surface area contributed by atoms with Gasteiger partial charge in [0.05, 0.1) is 52.9 Å². The van der Waals surface area contributed by atoms with Gasteiger partial charge in [-0.15, -0.1) is 34.8 Å². The fraction of sp³-hybridized carbons (Fsp3) is 0.464. The first-order valence-electron chi connectivity index (χ1n) is 23.9. The van der Waals surface area contributed by atoms with Crippen LogP contribution in [-0.4, -0.2) is 104 Å². The SMILES string of the molecule is Cc1cc2c(OCCOCCCl)c(c1)Cc1cc(C)cc3c1OCCOCCOc1c(cc(C)cc1Cc1cc(C)cc(c1OCCOCCCl)C3)Cc1cc(C)cc(c1OCCOCCCl)C2. The van der Waals surface area contributed by atoms with Crippen molar-refractivity contribution < 1.29 is 42.6 Å². The predicted octanol–water partition coefficient (Wildman–Crippen LogP) is 11.2. The van der Waals surface area contributed by atoms with Crippen molar-refractivity contribution in [1.29, 1.82) is 0 Å². The zero-order valence-corrected chi connectivity index (χ0v) is 42.7. The normalized spacial score (nSPS) is 13.8. The van der Waals surface area contributed by atoms with Gasteiger partial charge in [-0.1, -0.05) is 88.5 Å². The maximum absolute atomic E-state index is 6.88. The van der Waals surface area contributed by atoms with E-state index < -0.39 is 0 Å². The molecule has 2 heterocycles. The Bertz CT molecular complexity index is 2300. The Hall–Kier alpha value is -4.19. The van der Waals surface area contributed by atoms with Crippen LogP contribution in [0.4, 0.5) is 0 Å². The maximum Gasteiger partial charge on any atom is 0.126 e. The molecule has 12 heteroatoms. The van der Waals surface area contributed by atoms with Gasteiger partial charge >= 0.3 is 0 Å². The second-order valence-corrected chi connectivity index (χ2v) is 18.8. The van der Waals surface area contributed by atoms with Crippen molar-refractivity contribution in [2.45, 2.75) is 66.7 Å². The average molecular weight is 991 g/mol. The minimum absolute atomic E-state index is 0.355. The quantitative estimate of drug-likeness (QED) is 0.0475. The number of halogens is 3. The summed E-state index contributed by atoms with van der Waals surface area (Å²) in [5.74, 6) is 5.39. The number of hydrogen-bond acceptors (Lipinski definition) is 9. The summed E-state index contributed by atoms with van der Waals surface area (Å²) in [5, 5.41) is 0. The molecule has 5 aromatic rings. The molecular weight excluding hydrogens is 923 g/mol. The van der Waals surface area contributed by atoms with Crippen molar-refractivity contribution in [2.24, 2.45) is 0 Å². The molecule has 1 aliphatic carbocycles. The first kappa shape index (κ1) is 51.7. The first-order valence-corrected chi connectivity index (χ1v) is 25.5. The smallest absolute Gasteiger partial charge is 0.126 e. The summed E-state index contributed by atoms with van der Waals surface area (Å²) in [6.07, 6.45) is 2.84. The molecule has 0 atom stereocenters. The molecule has 68 heavy (non-hydrogen) atoms. The van der Waals surface area contributed by atoms with Gasteiger partial charge in [0.2, 0.25) is 0 Å². The molecular formula is C56H67Cl3O9. The van der Waals surface area contributed by atoms with E-state index in [-0.39, 0.29) is 0 Å². The summed E-state index contributed by atoms with van der Waals surface area (Å²) in [4.78, 5) is 0. The third-order valence-corrected chi connectivity index (χ3v) is 12.3. The fourth-order valence-corrected chi connectivity index (χ4v) is 9.82. The van der Waals surface area contributed by atoms with Crippen molar-refractivity contribution in [3.63, 3.8) is 0 Å². The van der Waals surface area contributed by atoms with Crippen LogP contribution >= 0.6 is 34.8 Å². The molecule has 366 valence electrons. The monoisotopic (exact) mass is 988 g/mol. The molecule has 0 saturated heterocycles. The minimum Gasteiger partial charge on any atom is -0.491 e. The highest BCUT2D eigenvalue weighted by Gasteiger charge is 2.25. The van der Waals surface area contributed by atoms with E-state index in [9.17, 15) is 0 Å². The lowest BCUT2D eigenvalue weighted by Gasteiger charge is -2.24. The number of rotatable bonds is 18. The molecule has 0 radical (unpaired) electrons. The van der Waals surface area contributed by atoms with Crippen LogP contribution in [0.5, 0.6) is 28.7 Å². The number of benzene rings is 5.